The molecular formula is C19H25ClF2N2O3S. The summed E-state index contributed by atoms with van der Waals surface area (Å²) in [6, 6.07) is 5.32. The van der Waals surface area contributed by atoms with Crippen molar-refractivity contribution in [3.05, 3.63) is 46.3 Å². The topological polar surface area (TPSA) is 66.5 Å². The molecule has 0 saturated carbocycles. The van der Waals surface area contributed by atoms with Crippen molar-refractivity contribution >= 4 is 27.5 Å². The van der Waals surface area contributed by atoms with Crippen LogP contribution in [-0.4, -0.2) is 44.1 Å². The number of hydrogen-bond donors (Lipinski definition) is 1. The first-order chi connectivity index (χ1) is 12.9. The van der Waals surface area contributed by atoms with Gasteiger partial charge in [-0.05, 0) is 44.4 Å². The van der Waals surface area contributed by atoms with Gasteiger partial charge in [0.05, 0.1) is 6.04 Å². The Balaban J connectivity index is 2.21. The van der Waals surface area contributed by atoms with Crippen LogP contribution in [0.25, 0.3) is 0 Å². The average Bonchev–Trinajstić information content (AvgIpc) is 2.59. The molecule has 0 aromatic heterocycles. The first-order valence-electron chi connectivity index (χ1n) is 8.95. The molecule has 1 aromatic rings. The molecule has 28 heavy (non-hydrogen) atoms. The second kappa shape index (κ2) is 8.78. The van der Waals surface area contributed by atoms with Crippen LogP contribution >= 0.6 is 11.6 Å². The molecule has 1 N–H and O–H groups in total. The van der Waals surface area contributed by atoms with Gasteiger partial charge >= 0.3 is 6.03 Å². The first-order valence-corrected chi connectivity index (χ1v) is 11.3. The molecule has 2 rings (SSSR count). The van der Waals surface area contributed by atoms with Crippen molar-refractivity contribution in [2.24, 2.45) is 5.92 Å². The summed E-state index contributed by atoms with van der Waals surface area (Å²) in [5.41, 5.74) is 0.729. The van der Waals surface area contributed by atoms with Crippen LogP contribution in [0.1, 0.15) is 38.3 Å². The number of nitrogens with zero attached hydrogens (tertiary/aromatic N) is 1. The standard InChI is InChI=1S/C19H25ClF2N2O3S/c1-13(9-11-28(3,26)27)23-18(25)24-10-8-15(19(2,21)22)12-17(24)14-4-6-16(20)7-5-14/h4-7,9,11,13,15,17H,8,10,12H2,1-3H3,(H,23,25)/b11-9+/t13-,15-,17+/m0/s1. The number of rotatable bonds is 5. The quantitative estimate of drug-likeness (QED) is 0.746. The molecule has 1 fully saturated rings. The largest absolute Gasteiger partial charge is 0.332 e. The molecule has 0 radical (unpaired) electrons. The minimum atomic E-state index is -3.30. The molecule has 0 spiro atoms. The van der Waals surface area contributed by atoms with E-state index in [2.05, 4.69) is 5.32 Å². The maximum Gasteiger partial charge on any atom is 0.318 e. The molecule has 2 amide bonds. The van der Waals surface area contributed by atoms with Gasteiger partial charge in [0, 0.05) is 35.2 Å². The number of piperidine rings is 1. The van der Waals surface area contributed by atoms with Crippen molar-refractivity contribution in [3.63, 3.8) is 0 Å². The van der Waals surface area contributed by atoms with Gasteiger partial charge in [0.15, 0.2) is 9.84 Å². The van der Waals surface area contributed by atoms with Crippen LogP contribution in [0, 0.1) is 5.92 Å². The number of hydrogen-bond acceptors (Lipinski definition) is 3. The zero-order valence-corrected chi connectivity index (χ0v) is 17.6. The molecule has 1 heterocycles. The molecule has 156 valence electrons. The first kappa shape index (κ1) is 22.6. The number of likely N-dealkylation sites (tertiary alicyclic amines) is 1. The van der Waals surface area contributed by atoms with Crippen molar-refractivity contribution in [2.45, 2.75) is 44.7 Å². The summed E-state index contributed by atoms with van der Waals surface area (Å²) in [7, 11) is -3.30. The number of urea groups is 1. The third kappa shape index (κ3) is 6.44. The van der Waals surface area contributed by atoms with Crippen LogP contribution in [0.15, 0.2) is 35.7 Å². The van der Waals surface area contributed by atoms with Crippen LogP contribution in [0.2, 0.25) is 5.02 Å². The van der Waals surface area contributed by atoms with Crippen molar-refractivity contribution in [1.29, 1.82) is 0 Å². The number of amides is 2. The highest BCUT2D eigenvalue weighted by atomic mass is 35.5. The SMILES string of the molecule is C[C@@H](/C=C/S(C)(=O)=O)NC(=O)N1CC[C@H](C(C)(F)F)C[C@@H]1c1ccc(Cl)cc1. The molecule has 9 heteroatoms. The van der Waals surface area contributed by atoms with Gasteiger partial charge in [0.25, 0.3) is 0 Å². The number of carbonyl (C=O) groups excluding carboxylic acids is 1. The third-order valence-electron chi connectivity index (χ3n) is 4.80. The Morgan fingerprint density at radius 3 is 2.50 bits per heavy atom. The minimum Gasteiger partial charge on any atom is -0.332 e. The second-order valence-electron chi connectivity index (χ2n) is 7.33. The van der Waals surface area contributed by atoms with E-state index >= 15 is 0 Å². The summed E-state index contributed by atoms with van der Waals surface area (Å²) in [5, 5.41) is 4.26. The molecular weight excluding hydrogens is 410 g/mol. The van der Waals surface area contributed by atoms with E-state index in [0.29, 0.717) is 5.02 Å². The number of sulfone groups is 1. The van der Waals surface area contributed by atoms with E-state index in [4.69, 9.17) is 11.6 Å². The molecule has 1 saturated heterocycles. The smallest absolute Gasteiger partial charge is 0.318 e. The highest BCUT2D eigenvalue weighted by Gasteiger charge is 2.42. The zero-order valence-electron chi connectivity index (χ0n) is 16.0. The van der Waals surface area contributed by atoms with Gasteiger partial charge < -0.3 is 10.2 Å². The number of benzene rings is 1. The number of carbonyl (C=O) groups is 1. The van der Waals surface area contributed by atoms with Crippen LogP contribution < -0.4 is 5.32 Å². The lowest BCUT2D eigenvalue weighted by molar-refractivity contribution is -0.0686. The Labute approximate surface area is 169 Å². The van der Waals surface area contributed by atoms with Gasteiger partial charge in [-0.1, -0.05) is 29.8 Å². The van der Waals surface area contributed by atoms with Crippen LogP contribution in [-0.2, 0) is 9.84 Å². The summed E-state index contributed by atoms with van der Waals surface area (Å²) < 4.78 is 50.3. The number of nitrogens with one attached hydrogen (secondary N) is 1. The summed E-state index contributed by atoms with van der Waals surface area (Å²) in [6.07, 6.45) is 2.75. The lowest BCUT2D eigenvalue weighted by atomic mass is 9.84. The predicted molar refractivity (Wildman–Crippen MR) is 106 cm³/mol. The van der Waals surface area contributed by atoms with E-state index in [1.807, 2.05) is 0 Å². The van der Waals surface area contributed by atoms with Crippen molar-refractivity contribution < 1.29 is 22.0 Å². The third-order valence-corrected chi connectivity index (χ3v) is 5.70. The fourth-order valence-electron chi connectivity index (χ4n) is 3.26. The molecule has 1 aliphatic heterocycles. The monoisotopic (exact) mass is 434 g/mol. The summed E-state index contributed by atoms with van der Waals surface area (Å²) in [6.45, 7) is 2.73. The van der Waals surface area contributed by atoms with Crippen molar-refractivity contribution in [3.8, 4) is 0 Å². The lowest BCUT2D eigenvalue weighted by Crippen LogP contribution is -2.50. The van der Waals surface area contributed by atoms with Gasteiger partial charge in [0.1, 0.15) is 0 Å². The Hall–Kier alpha value is -1.67. The normalized spacial score (nSPS) is 22.3. The van der Waals surface area contributed by atoms with E-state index in [9.17, 15) is 22.0 Å². The molecule has 3 atom stereocenters. The van der Waals surface area contributed by atoms with E-state index in [-0.39, 0.29) is 19.4 Å². The van der Waals surface area contributed by atoms with Crippen molar-refractivity contribution in [1.82, 2.24) is 10.2 Å². The molecule has 0 aliphatic carbocycles. The van der Waals surface area contributed by atoms with Gasteiger partial charge in [-0.2, -0.15) is 0 Å². The molecule has 1 aliphatic rings. The molecule has 0 bridgehead atoms. The predicted octanol–water partition coefficient (Wildman–Crippen LogP) is 4.40. The van der Waals surface area contributed by atoms with Crippen LogP contribution in [0.5, 0.6) is 0 Å². The zero-order chi connectivity index (χ0) is 21.1. The van der Waals surface area contributed by atoms with E-state index in [1.54, 1.807) is 31.2 Å². The lowest BCUT2D eigenvalue weighted by Gasteiger charge is -2.41. The van der Waals surface area contributed by atoms with Gasteiger partial charge in [-0.15, -0.1) is 0 Å². The highest BCUT2D eigenvalue weighted by Crippen LogP contribution is 2.41. The summed E-state index contributed by atoms with van der Waals surface area (Å²) in [4.78, 5) is 14.3. The summed E-state index contributed by atoms with van der Waals surface area (Å²) in [5.74, 6) is -3.67. The Bertz CT molecular complexity index is 823. The minimum absolute atomic E-state index is 0.131. The highest BCUT2D eigenvalue weighted by molar-refractivity contribution is 7.93. The Kier molecular flexibility index (Phi) is 7.09. The summed E-state index contributed by atoms with van der Waals surface area (Å²) >= 11 is 5.92. The Morgan fingerprint density at radius 1 is 1.36 bits per heavy atom. The molecule has 0 unspecified atom stereocenters. The fraction of sp³-hybridized carbons (Fsp3) is 0.526. The van der Waals surface area contributed by atoms with Crippen molar-refractivity contribution in [2.75, 3.05) is 12.8 Å². The average molecular weight is 435 g/mol. The van der Waals surface area contributed by atoms with E-state index < -0.39 is 39.8 Å². The molecule has 1 aromatic carbocycles. The van der Waals surface area contributed by atoms with Crippen LogP contribution in [0.3, 0.4) is 0 Å². The maximum absolute atomic E-state index is 13.9. The number of halogens is 3. The van der Waals surface area contributed by atoms with Crippen LogP contribution in [0.4, 0.5) is 13.6 Å². The molecule has 5 nitrogen and oxygen atoms in total. The van der Waals surface area contributed by atoms with Gasteiger partial charge in [-0.3, -0.25) is 0 Å². The fourth-order valence-corrected chi connectivity index (χ4v) is 3.90. The Morgan fingerprint density at radius 2 is 1.96 bits per heavy atom. The van der Waals surface area contributed by atoms with E-state index in [1.165, 1.54) is 11.0 Å². The second-order valence-corrected chi connectivity index (χ2v) is 9.70. The van der Waals surface area contributed by atoms with E-state index in [0.717, 1.165) is 24.2 Å². The van der Waals surface area contributed by atoms with Gasteiger partial charge in [0.2, 0.25) is 5.92 Å². The number of alkyl halides is 2. The van der Waals surface area contributed by atoms with Gasteiger partial charge in [-0.25, -0.2) is 22.0 Å². The maximum atomic E-state index is 13.9.